The van der Waals surface area contributed by atoms with Crippen LogP contribution in [-0.2, 0) is 0 Å². The summed E-state index contributed by atoms with van der Waals surface area (Å²) in [7, 11) is 0. The molecule has 0 saturated carbocycles. The molecule has 5 heteroatoms. The molecule has 1 amide bonds. The first-order valence-electron chi connectivity index (χ1n) is 5.32. The normalized spacial score (nSPS) is 10.1. The van der Waals surface area contributed by atoms with Crippen LogP contribution in [0.1, 0.15) is 21.5 Å². The standard InChI is InChI=1S/C13H12N2OS2/c1-8-6-18-7-11(8)13(16)15-10-4-2-9(3-5-10)12(14)17/h2-7H,1H3,(H2,14,17)(H,15,16). The van der Waals surface area contributed by atoms with Crippen molar-refractivity contribution >= 4 is 40.1 Å². The van der Waals surface area contributed by atoms with Crippen molar-refractivity contribution in [3.05, 3.63) is 51.7 Å². The van der Waals surface area contributed by atoms with Gasteiger partial charge in [0.15, 0.2) is 0 Å². The molecule has 0 aliphatic heterocycles. The van der Waals surface area contributed by atoms with E-state index in [0.29, 0.717) is 10.6 Å². The number of hydrogen-bond donors (Lipinski definition) is 2. The molecule has 18 heavy (non-hydrogen) atoms. The number of amides is 1. The Hall–Kier alpha value is -1.72. The van der Waals surface area contributed by atoms with E-state index in [2.05, 4.69) is 5.32 Å². The van der Waals surface area contributed by atoms with Crippen LogP contribution in [0.5, 0.6) is 0 Å². The van der Waals surface area contributed by atoms with Crippen LogP contribution in [0, 0.1) is 6.92 Å². The molecule has 92 valence electrons. The largest absolute Gasteiger partial charge is 0.389 e. The van der Waals surface area contributed by atoms with Crippen LogP contribution in [0.25, 0.3) is 0 Å². The van der Waals surface area contributed by atoms with Gasteiger partial charge in [-0.25, -0.2) is 0 Å². The van der Waals surface area contributed by atoms with E-state index in [-0.39, 0.29) is 5.91 Å². The van der Waals surface area contributed by atoms with Crippen molar-refractivity contribution in [1.29, 1.82) is 0 Å². The van der Waals surface area contributed by atoms with Crippen LogP contribution in [0.3, 0.4) is 0 Å². The van der Waals surface area contributed by atoms with Crippen LogP contribution in [0.4, 0.5) is 5.69 Å². The third-order valence-electron chi connectivity index (χ3n) is 2.53. The van der Waals surface area contributed by atoms with Crippen molar-refractivity contribution in [3.63, 3.8) is 0 Å². The Labute approximate surface area is 115 Å². The average Bonchev–Trinajstić information content (AvgIpc) is 2.76. The van der Waals surface area contributed by atoms with Crippen LogP contribution >= 0.6 is 23.6 Å². The first-order valence-corrected chi connectivity index (χ1v) is 6.67. The molecule has 0 fully saturated rings. The number of hydrogen-bond acceptors (Lipinski definition) is 3. The monoisotopic (exact) mass is 276 g/mol. The molecule has 0 aliphatic rings. The Bertz CT molecular complexity index is 587. The lowest BCUT2D eigenvalue weighted by Gasteiger charge is -2.05. The molecule has 0 aliphatic carbocycles. The van der Waals surface area contributed by atoms with Gasteiger partial charge < -0.3 is 11.1 Å². The number of thiocarbonyl (C=S) groups is 1. The van der Waals surface area contributed by atoms with Gasteiger partial charge in [0.2, 0.25) is 0 Å². The highest BCUT2D eigenvalue weighted by Crippen LogP contribution is 2.16. The molecule has 1 aromatic heterocycles. The van der Waals surface area contributed by atoms with E-state index in [1.165, 1.54) is 11.3 Å². The molecule has 2 aromatic rings. The average molecular weight is 276 g/mol. The zero-order valence-corrected chi connectivity index (χ0v) is 11.4. The quantitative estimate of drug-likeness (QED) is 0.847. The van der Waals surface area contributed by atoms with E-state index in [1.807, 2.05) is 17.7 Å². The van der Waals surface area contributed by atoms with Gasteiger partial charge >= 0.3 is 0 Å². The third kappa shape index (κ3) is 2.75. The summed E-state index contributed by atoms with van der Waals surface area (Å²) in [6.07, 6.45) is 0. The Kier molecular flexibility index (Phi) is 3.74. The van der Waals surface area contributed by atoms with Crippen molar-refractivity contribution in [2.45, 2.75) is 6.92 Å². The molecule has 0 radical (unpaired) electrons. The molecule has 1 heterocycles. The summed E-state index contributed by atoms with van der Waals surface area (Å²) in [5, 5.41) is 6.63. The molecular formula is C13H12N2OS2. The summed E-state index contributed by atoms with van der Waals surface area (Å²) in [5.74, 6) is -0.100. The van der Waals surface area contributed by atoms with E-state index in [0.717, 1.165) is 16.8 Å². The van der Waals surface area contributed by atoms with E-state index in [4.69, 9.17) is 18.0 Å². The number of thiophene rings is 1. The first kappa shape index (κ1) is 12.7. The van der Waals surface area contributed by atoms with E-state index < -0.39 is 0 Å². The second-order valence-electron chi connectivity index (χ2n) is 3.86. The van der Waals surface area contributed by atoms with Gasteiger partial charge in [0.1, 0.15) is 4.99 Å². The number of nitrogens with one attached hydrogen (secondary N) is 1. The molecule has 0 bridgehead atoms. The number of benzene rings is 1. The maximum absolute atomic E-state index is 12.0. The SMILES string of the molecule is Cc1cscc1C(=O)Nc1ccc(C(N)=S)cc1. The fourth-order valence-electron chi connectivity index (χ4n) is 1.51. The lowest BCUT2D eigenvalue weighted by Crippen LogP contribution is -2.13. The highest BCUT2D eigenvalue weighted by molar-refractivity contribution is 7.80. The van der Waals surface area contributed by atoms with Gasteiger partial charge in [0.05, 0.1) is 5.56 Å². The smallest absolute Gasteiger partial charge is 0.256 e. The van der Waals surface area contributed by atoms with Gasteiger partial charge in [-0.1, -0.05) is 12.2 Å². The highest BCUT2D eigenvalue weighted by Gasteiger charge is 2.09. The first-order chi connectivity index (χ1) is 8.58. The fraction of sp³-hybridized carbons (Fsp3) is 0.0769. The van der Waals surface area contributed by atoms with Crippen LogP contribution in [-0.4, -0.2) is 10.9 Å². The molecule has 0 spiro atoms. The lowest BCUT2D eigenvalue weighted by atomic mass is 10.2. The second-order valence-corrected chi connectivity index (χ2v) is 5.05. The summed E-state index contributed by atoms with van der Waals surface area (Å²) in [5.41, 5.74) is 8.71. The van der Waals surface area contributed by atoms with E-state index >= 15 is 0 Å². The highest BCUT2D eigenvalue weighted by atomic mass is 32.1. The predicted molar refractivity (Wildman–Crippen MR) is 79.3 cm³/mol. The summed E-state index contributed by atoms with van der Waals surface area (Å²) >= 11 is 6.38. The Morgan fingerprint density at radius 1 is 1.28 bits per heavy atom. The van der Waals surface area contributed by atoms with Gasteiger partial charge in [-0.3, -0.25) is 4.79 Å². The number of anilines is 1. The third-order valence-corrected chi connectivity index (χ3v) is 3.62. The fourth-order valence-corrected chi connectivity index (χ4v) is 2.47. The minimum atomic E-state index is -0.100. The van der Waals surface area contributed by atoms with Crippen molar-refractivity contribution in [2.24, 2.45) is 5.73 Å². The molecule has 0 saturated heterocycles. The number of carbonyl (C=O) groups excluding carboxylic acids is 1. The minimum absolute atomic E-state index is 0.100. The zero-order chi connectivity index (χ0) is 13.1. The Morgan fingerprint density at radius 3 is 2.44 bits per heavy atom. The maximum atomic E-state index is 12.0. The number of nitrogens with two attached hydrogens (primary N) is 1. The summed E-state index contributed by atoms with van der Waals surface area (Å²) < 4.78 is 0. The van der Waals surface area contributed by atoms with Crippen LogP contribution in [0.15, 0.2) is 35.0 Å². The van der Waals surface area contributed by atoms with Gasteiger partial charge in [0, 0.05) is 16.6 Å². The van der Waals surface area contributed by atoms with E-state index in [9.17, 15) is 4.79 Å². The molecule has 3 N–H and O–H groups in total. The molecule has 0 unspecified atom stereocenters. The summed E-state index contributed by atoms with van der Waals surface area (Å²) in [6, 6.07) is 7.15. The van der Waals surface area contributed by atoms with Gasteiger partial charge in [-0.2, -0.15) is 11.3 Å². The lowest BCUT2D eigenvalue weighted by molar-refractivity contribution is 0.102. The van der Waals surface area contributed by atoms with Crippen LogP contribution in [0.2, 0.25) is 0 Å². The minimum Gasteiger partial charge on any atom is -0.389 e. The Morgan fingerprint density at radius 2 is 1.94 bits per heavy atom. The van der Waals surface area contributed by atoms with Crippen molar-refractivity contribution in [3.8, 4) is 0 Å². The number of carbonyl (C=O) groups is 1. The summed E-state index contributed by atoms with van der Waals surface area (Å²) in [4.78, 5) is 12.3. The molecule has 1 aromatic carbocycles. The maximum Gasteiger partial charge on any atom is 0.256 e. The number of aryl methyl sites for hydroxylation is 1. The molecular weight excluding hydrogens is 264 g/mol. The summed E-state index contributed by atoms with van der Waals surface area (Å²) in [6.45, 7) is 1.92. The Balaban J connectivity index is 2.13. The van der Waals surface area contributed by atoms with Gasteiger partial charge in [0.25, 0.3) is 5.91 Å². The van der Waals surface area contributed by atoms with Crippen molar-refractivity contribution < 1.29 is 4.79 Å². The topological polar surface area (TPSA) is 55.1 Å². The molecule has 2 rings (SSSR count). The van der Waals surface area contributed by atoms with Gasteiger partial charge in [-0.15, -0.1) is 0 Å². The van der Waals surface area contributed by atoms with Crippen molar-refractivity contribution in [1.82, 2.24) is 0 Å². The van der Waals surface area contributed by atoms with Crippen molar-refractivity contribution in [2.75, 3.05) is 5.32 Å². The molecule has 0 atom stereocenters. The molecule has 3 nitrogen and oxygen atoms in total. The number of rotatable bonds is 3. The van der Waals surface area contributed by atoms with Gasteiger partial charge in [-0.05, 0) is 42.1 Å². The second kappa shape index (κ2) is 5.29. The predicted octanol–water partition coefficient (Wildman–Crippen LogP) is 2.94. The zero-order valence-electron chi connectivity index (χ0n) is 9.77. The van der Waals surface area contributed by atoms with E-state index in [1.54, 1.807) is 24.3 Å². The van der Waals surface area contributed by atoms with Crippen LogP contribution < -0.4 is 11.1 Å².